The first-order valence-electron chi connectivity index (χ1n) is 7.28. The molecule has 21 heavy (non-hydrogen) atoms. The zero-order valence-corrected chi connectivity index (χ0v) is 13.2. The van der Waals surface area contributed by atoms with Gasteiger partial charge >= 0.3 is 0 Å². The smallest absolute Gasteiger partial charge is 0.137 e. The number of aromatic nitrogens is 1. The van der Waals surface area contributed by atoms with E-state index in [1.165, 1.54) is 5.56 Å². The molecule has 3 nitrogen and oxygen atoms in total. The lowest BCUT2D eigenvalue weighted by Gasteiger charge is -2.19. The van der Waals surface area contributed by atoms with Gasteiger partial charge in [0.15, 0.2) is 0 Å². The molecule has 0 aliphatic rings. The number of benzene rings is 1. The van der Waals surface area contributed by atoms with E-state index in [4.69, 9.17) is 16.3 Å². The second-order valence-electron chi connectivity index (χ2n) is 4.83. The van der Waals surface area contributed by atoms with Gasteiger partial charge in [-0.2, -0.15) is 0 Å². The molecular formula is C17H21ClN2O. The van der Waals surface area contributed by atoms with Gasteiger partial charge in [0.2, 0.25) is 0 Å². The molecule has 1 atom stereocenters. The minimum absolute atomic E-state index is 0.196. The summed E-state index contributed by atoms with van der Waals surface area (Å²) in [5.41, 5.74) is 2.33. The molecule has 0 amide bonds. The van der Waals surface area contributed by atoms with Gasteiger partial charge in [-0.25, -0.2) is 0 Å². The molecule has 112 valence electrons. The highest BCUT2D eigenvalue weighted by Gasteiger charge is 2.13. The summed E-state index contributed by atoms with van der Waals surface area (Å²) in [6.07, 6.45) is 4.50. The van der Waals surface area contributed by atoms with Crippen molar-refractivity contribution < 1.29 is 4.74 Å². The number of halogens is 1. The quantitative estimate of drug-likeness (QED) is 0.838. The lowest BCUT2D eigenvalue weighted by Crippen LogP contribution is -2.23. The Morgan fingerprint density at radius 2 is 2.10 bits per heavy atom. The molecule has 0 bridgehead atoms. The van der Waals surface area contributed by atoms with Crippen LogP contribution in [0, 0.1) is 0 Å². The fraction of sp³-hybridized carbons (Fsp3) is 0.353. The Labute approximate surface area is 131 Å². The molecule has 0 saturated heterocycles. The second-order valence-corrected chi connectivity index (χ2v) is 5.27. The van der Waals surface area contributed by atoms with Crippen LogP contribution >= 0.6 is 11.6 Å². The van der Waals surface area contributed by atoms with Crippen LogP contribution in [0.2, 0.25) is 5.02 Å². The zero-order valence-electron chi connectivity index (χ0n) is 12.5. The normalized spacial score (nSPS) is 12.1. The Hall–Kier alpha value is -1.58. The van der Waals surface area contributed by atoms with Crippen LogP contribution in [-0.2, 0) is 6.42 Å². The second kappa shape index (κ2) is 8.01. The Kier molecular flexibility index (Phi) is 6.03. The topological polar surface area (TPSA) is 34.2 Å². The van der Waals surface area contributed by atoms with Gasteiger partial charge in [-0.05, 0) is 49.2 Å². The molecular weight excluding hydrogens is 284 g/mol. The van der Waals surface area contributed by atoms with E-state index in [0.717, 1.165) is 29.3 Å². The number of likely N-dealkylation sites (N-methyl/N-ethyl adjacent to an activating group) is 1. The minimum atomic E-state index is 0.196. The van der Waals surface area contributed by atoms with E-state index >= 15 is 0 Å². The predicted octanol–water partition coefficient (Wildman–Crippen LogP) is 4.03. The number of rotatable bonds is 7. The fourth-order valence-corrected chi connectivity index (χ4v) is 2.54. The zero-order chi connectivity index (χ0) is 15.1. The van der Waals surface area contributed by atoms with Crippen LogP contribution in [-0.4, -0.2) is 18.1 Å². The van der Waals surface area contributed by atoms with Crippen LogP contribution in [0.5, 0.6) is 5.75 Å². The minimum Gasteiger partial charge on any atom is -0.492 e. The van der Waals surface area contributed by atoms with Crippen molar-refractivity contribution in [1.29, 1.82) is 0 Å². The highest BCUT2D eigenvalue weighted by atomic mass is 35.5. The third kappa shape index (κ3) is 4.73. The first-order valence-corrected chi connectivity index (χ1v) is 7.66. The lowest BCUT2D eigenvalue weighted by molar-refractivity contribution is 0.338. The summed E-state index contributed by atoms with van der Waals surface area (Å²) in [5.74, 6) is 0.809. The van der Waals surface area contributed by atoms with E-state index in [9.17, 15) is 0 Å². The van der Waals surface area contributed by atoms with Crippen LogP contribution in [0.1, 0.15) is 31.0 Å². The maximum atomic E-state index is 6.07. The van der Waals surface area contributed by atoms with Gasteiger partial charge < -0.3 is 10.1 Å². The van der Waals surface area contributed by atoms with Crippen LogP contribution in [0.4, 0.5) is 0 Å². The van der Waals surface area contributed by atoms with Crippen LogP contribution in [0.3, 0.4) is 0 Å². The molecule has 1 aromatic heterocycles. The molecule has 1 aromatic carbocycles. The Morgan fingerprint density at radius 3 is 2.81 bits per heavy atom. The first kappa shape index (κ1) is 15.8. The summed E-state index contributed by atoms with van der Waals surface area (Å²) in [6, 6.07) is 10.2. The monoisotopic (exact) mass is 304 g/mol. The summed E-state index contributed by atoms with van der Waals surface area (Å²) in [4.78, 5) is 4.27. The number of hydrogen-bond donors (Lipinski definition) is 1. The molecule has 2 rings (SSSR count). The predicted molar refractivity (Wildman–Crippen MR) is 87.0 cm³/mol. The first-order chi connectivity index (χ1) is 10.2. The maximum absolute atomic E-state index is 6.07. The van der Waals surface area contributed by atoms with Gasteiger partial charge in [0, 0.05) is 17.3 Å². The number of nitrogens with zero attached hydrogens (tertiary/aromatic N) is 1. The van der Waals surface area contributed by atoms with Crippen molar-refractivity contribution in [2.24, 2.45) is 0 Å². The largest absolute Gasteiger partial charge is 0.492 e. The van der Waals surface area contributed by atoms with Gasteiger partial charge in [-0.3, -0.25) is 4.98 Å². The molecule has 1 heterocycles. The van der Waals surface area contributed by atoms with Gasteiger partial charge in [0.1, 0.15) is 5.75 Å². The molecule has 0 spiro atoms. The molecule has 0 saturated carbocycles. The molecule has 1 N–H and O–H groups in total. The summed E-state index contributed by atoms with van der Waals surface area (Å²) >= 11 is 6.07. The van der Waals surface area contributed by atoms with Crippen molar-refractivity contribution in [3.8, 4) is 5.75 Å². The Balaban J connectivity index is 2.19. The van der Waals surface area contributed by atoms with E-state index in [1.807, 2.05) is 37.4 Å². The molecule has 0 radical (unpaired) electrons. The van der Waals surface area contributed by atoms with Gasteiger partial charge in [0.05, 0.1) is 12.8 Å². The Bertz CT molecular complexity index is 574. The molecule has 2 aromatic rings. The van der Waals surface area contributed by atoms with Gasteiger partial charge in [-0.1, -0.05) is 30.7 Å². The summed E-state index contributed by atoms with van der Waals surface area (Å²) < 4.78 is 5.53. The van der Waals surface area contributed by atoms with Crippen LogP contribution in [0.25, 0.3) is 0 Å². The SMILES string of the molecule is CCNC(Cc1cccc(Cl)c1)c1cncc(OCC)c1. The number of ether oxygens (including phenoxy) is 1. The van der Waals surface area contributed by atoms with Crippen molar-refractivity contribution in [1.82, 2.24) is 10.3 Å². The lowest BCUT2D eigenvalue weighted by atomic mass is 10.00. The molecule has 0 fully saturated rings. The number of pyridine rings is 1. The molecule has 0 aliphatic carbocycles. The highest BCUT2D eigenvalue weighted by Crippen LogP contribution is 2.23. The average Bonchev–Trinajstić information content (AvgIpc) is 2.47. The van der Waals surface area contributed by atoms with E-state index in [1.54, 1.807) is 6.20 Å². The van der Waals surface area contributed by atoms with Crippen molar-refractivity contribution in [2.75, 3.05) is 13.2 Å². The van der Waals surface area contributed by atoms with Crippen molar-refractivity contribution in [2.45, 2.75) is 26.3 Å². The number of hydrogen-bond acceptors (Lipinski definition) is 3. The van der Waals surface area contributed by atoms with E-state index < -0.39 is 0 Å². The molecule has 1 unspecified atom stereocenters. The summed E-state index contributed by atoms with van der Waals surface area (Å²) in [6.45, 7) is 5.61. The summed E-state index contributed by atoms with van der Waals surface area (Å²) in [5, 5.41) is 4.27. The van der Waals surface area contributed by atoms with E-state index in [-0.39, 0.29) is 6.04 Å². The van der Waals surface area contributed by atoms with Crippen LogP contribution in [0.15, 0.2) is 42.7 Å². The van der Waals surface area contributed by atoms with E-state index in [2.05, 4.69) is 23.3 Å². The van der Waals surface area contributed by atoms with Crippen molar-refractivity contribution >= 4 is 11.6 Å². The number of nitrogens with one attached hydrogen (secondary N) is 1. The third-order valence-corrected chi connectivity index (χ3v) is 3.46. The van der Waals surface area contributed by atoms with Gasteiger partial charge in [-0.15, -0.1) is 0 Å². The molecule has 0 aliphatic heterocycles. The highest BCUT2D eigenvalue weighted by molar-refractivity contribution is 6.30. The van der Waals surface area contributed by atoms with Crippen LogP contribution < -0.4 is 10.1 Å². The van der Waals surface area contributed by atoms with E-state index in [0.29, 0.717) is 6.61 Å². The van der Waals surface area contributed by atoms with Gasteiger partial charge in [0.25, 0.3) is 0 Å². The molecule has 4 heteroatoms. The maximum Gasteiger partial charge on any atom is 0.137 e. The summed E-state index contributed by atoms with van der Waals surface area (Å²) in [7, 11) is 0. The standard InChI is InChI=1S/C17H21ClN2O/c1-3-20-17(9-13-6-5-7-15(18)8-13)14-10-16(21-4-2)12-19-11-14/h5-8,10-12,17,20H,3-4,9H2,1-2H3. The Morgan fingerprint density at radius 1 is 1.24 bits per heavy atom. The fourth-order valence-electron chi connectivity index (χ4n) is 2.33. The average molecular weight is 305 g/mol. The van der Waals surface area contributed by atoms with Crippen molar-refractivity contribution in [3.05, 3.63) is 58.9 Å². The third-order valence-electron chi connectivity index (χ3n) is 3.23. The van der Waals surface area contributed by atoms with Crippen molar-refractivity contribution in [3.63, 3.8) is 0 Å².